The van der Waals surface area contributed by atoms with Gasteiger partial charge < -0.3 is 15.0 Å². The summed E-state index contributed by atoms with van der Waals surface area (Å²) in [5, 5.41) is 13.7. The summed E-state index contributed by atoms with van der Waals surface area (Å²) < 4.78 is 47.4. The topological polar surface area (TPSA) is 100 Å². The molecule has 2 N–H and O–H groups in total. The van der Waals surface area contributed by atoms with Crippen molar-refractivity contribution in [2.75, 3.05) is 26.3 Å². The molecule has 35 heavy (non-hydrogen) atoms. The Bertz CT molecular complexity index is 1190. The first-order valence-corrected chi connectivity index (χ1v) is 11.9. The molecule has 12 heteroatoms. The van der Waals surface area contributed by atoms with E-state index < -0.39 is 18.5 Å². The number of amides is 1. The fraction of sp³-hybridized carbons (Fsp3) is 0.565. The van der Waals surface area contributed by atoms with Crippen molar-refractivity contribution in [1.29, 1.82) is 0 Å². The number of carbonyl (C=O) groups is 1. The van der Waals surface area contributed by atoms with E-state index in [1.165, 1.54) is 10.8 Å². The fourth-order valence-electron chi connectivity index (χ4n) is 5.10. The summed E-state index contributed by atoms with van der Waals surface area (Å²) >= 11 is 0. The summed E-state index contributed by atoms with van der Waals surface area (Å²) in [6.07, 6.45) is 0.691. The molecule has 0 unspecified atom stereocenters. The Hall–Kier alpha value is -2.99. The molecular formula is C23H28F3N7O2. The van der Waals surface area contributed by atoms with Crippen LogP contribution in [-0.4, -0.2) is 80.2 Å². The highest BCUT2D eigenvalue weighted by Gasteiger charge is 2.35. The van der Waals surface area contributed by atoms with Crippen LogP contribution in [0.15, 0.2) is 18.6 Å². The normalized spacial score (nSPS) is 18.9. The minimum Gasteiger partial charge on any atom is -0.381 e. The van der Waals surface area contributed by atoms with E-state index in [1.807, 2.05) is 0 Å². The van der Waals surface area contributed by atoms with Gasteiger partial charge in [0.1, 0.15) is 12.0 Å². The van der Waals surface area contributed by atoms with E-state index in [2.05, 4.69) is 30.5 Å². The smallest absolute Gasteiger partial charge is 0.381 e. The van der Waals surface area contributed by atoms with Gasteiger partial charge in [-0.3, -0.25) is 9.89 Å². The monoisotopic (exact) mass is 491 g/mol. The number of fused-ring (bicyclic) bond motifs is 1. The van der Waals surface area contributed by atoms with E-state index in [1.54, 1.807) is 19.2 Å². The fourth-order valence-corrected chi connectivity index (χ4v) is 5.10. The average Bonchev–Trinajstić information content (AvgIpc) is 3.46. The number of aromatic nitrogens is 5. The SMILES string of the molecule is Cc1cc(-c2n[nH]c(C(=O)NC3CCN(C4CCOCC4)CC3)c2CC(F)(F)F)cn2ncnc12. The first-order chi connectivity index (χ1) is 16.8. The van der Waals surface area contributed by atoms with Crippen molar-refractivity contribution >= 4 is 11.6 Å². The van der Waals surface area contributed by atoms with Crippen LogP contribution in [0.25, 0.3) is 16.9 Å². The second-order valence-corrected chi connectivity index (χ2v) is 9.28. The second kappa shape index (κ2) is 9.57. The molecule has 0 aliphatic carbocycles. The Balaban J connectivity index is 1.34. The molecule has 0 aromatic carbocycles. The average molecular weight is 492 g/mol. The minimum atomic E-state index is -4.50. The molecule has 2 aliphatic heterocycles. The van der Waals surface area contributed by atoms with Crippen molar-refractivity contribution in [2.24, 2.45) is 0 Å². The van der Waals surface area contributed by atoms with Gasteiger partial charge >= 0.3 is 6.18 Å². The molecule has 9 nitrogen and oxygen atoms in total. The van der Waals surface area contributed by atoms with Crippen molar-refractivity contribution in [3.63, 3.8) is 0 Å². The van der Waals surface area contributed by atoms with Gasteiger partial charge in [0.05, 0.1) is 12.1 Å². The molecule has 0 bridgehead atoms. The third-order valence-corrected chi connectivity index (χ3v) is 6.88. The van der Waals surface area contributed by atoms with Crippen molar-refractivity contribution < 1.29 is 22.7 Å². The van der Waals surface area contributed by atoms with E-state index in [-0.39, 0.29) is 23.0 Å². The van der Waals surface area contributed by atoms with Gasteiger partial charge in [-0.15, -0.1) is 0 Å². The van der Waals surface area contributed by atoms with Crippen LogP contribution in [0.2, 0.25) is 0 Å². The minimum absolute atomic E-state index is 0.0855. The molecule has 2 saturated heterocycles. The molecule has 0 spiro atoms. The van der Waals surface area contributed by atoms with Crippen LogP contribution in [0, 0.1) is 6.92 Å². The Morgan fingerprint density at radius 1 is 1.23 bits per heavy atom. The largest absolute Gasteiger partial charge is 0.393 e. The van der Waals surface area contributed by atoms with Crippen LogP contribution in [0.4, 0.5) is 13.2 Å². The maximum atomic E-state index is 13.5. The summed E-state index contributed by atoms with van der Waals surface area (Å²) in [7, 11) is 0. The Morgan fingerprint density at radius 2 is 1.97 bits per heavy atom. The second-order valence-electron chi connectivity index (χ2n) is 9.28. The molecule has 3 aromatic heterocycles. The van der Waals surface area contributed by atoms with Crippen LogP contribution in [0.1, 0.15) is 47.3 Å². The number of halogens is 3. The van der Waals surface area contributed by atoms with Crippen molar-refractivity contribution in [3.8, 4) is 11.3 Å². The number of rotatable bonds is 5. The quantitative estimate of drug-likeness (QED) is 0.569. The number of aromatic amines is 1. The number of likely N-dealkylation sites (tertiary alicyclic amines) is 1. The van der Waals surface area contributed by atoms with Gasteiger partial charge in [-0.1, -0.05) is 0 Å². The van der Waals surface area contributed by atoms with Crippen LogP contribution in [0.3, 0.4) is 0 Å². The molecule has 0 saturated carbocycles. The Kier molecular flexibility index (Phi) is 6.49. The number of hydrogen-bond donors (Lipinski definition) is 2. The molecule has 2 aliphatic rings. The van der Waals surface area contributed by atoms with Crippen molar-refractivity contribution in [2.45, 2.75) is 57.3 Å². The van der Waals surface area contributed by atoms with E-state index in [9.17, 15) is 18.0 Å². The van der Waals surface area contributed by atoms with Crippen LogP contribution < -0.4 is 5.32 Å². The van der Waals surface area contributed by atoms with Gasteiger partial charge in [0.25, 0.3) is 5.91 Å². The maximum absolute atomic E-state index is 13.5. The van der Waals surface area contributed by atoms with E-state index in [0.717, 1.165) is 57.6 Å². The van der Waals surface area contributed by atoms with Gasteiger partial charge in [-0.2, -0.15) is 23.4 Å². The summed E-state index contributed by atoms with van der Waals surface area (Å²) in [5.74, 6) is -0.564. The predicted molar refractivity (Wildman–Crippen MR) is 121 cm³/mol. The molecule has 0 atom stereocenters. The number of alkyl halides is 3. The van der Waals surface area contributed by atoms with Gasteiger partial charge in [0.2, 0.25) is 0 Å². The number of nitrogens with one attached hydrogen (secondary N) is 2. The Labute approximate surface area is 200 Å². The van der Waals surface area contributed by atoms with Crippen LogP contribution >= 0.6 is 0 Å². The third-order valence-electron chi connectivity index (χ3n) is 6.88. The maximum Gasteiger partial charge on any atom is 0.393 e. The Morgan fingerprint density at radius 3 is 2.69 bits per heavy atom. The number of pyridine rings is 1. The number of piperidine rings is 1. The number of carbonyl (C=O) groups excluding carboxylic acids is 1. The van der Waals surface area contributed by atoms with Crippen LogP contribution in [-0.2, 0) is 11.2 Å². The first kappa shape index (κ1) is 23.7. The lowest BCUT2D eigenvalue weighted by atomic mass is 9.99. The van der Waals surface area contributed by atoms with Gasteiger partial charge in [0, 0.05) is 55.7 Å². The highest BCUT2D eigenvalue weighted by atomic mass is 19.4. The predicted octanol–water partition coefficient (Wildman–Crippen LogP) is 2.91. The summed E-state index contributed by atoms with van der Waals surface area (Å²) in [4.78, 5) is 19.6. The van der Waals surface area contributed by atoms with E-state index in [4.69, 9.17) is 4.74 Å². The zero-order valence-electron chi connectivity index (χ0n) is 19.4. The van der Waals surface area contributed by atoms with Crippen molar-refractivity contribution in [1.82, 2.24) is 35.0 Å². The van der Waals surface area contributed by atoms with Gasteiger partial charge in [-0.05, 0) is 44.2 Å². The number of ether oxygens (including phenoxy) is 1. The zero-order chi connectivity index (χ0) is 24.6. The highest BCUT2D eigenvalue weighted by Crippen LogP contribution is 2.31. The molecule has 5 heterocycles. The lowest BCUT2D eigenvalue weighted by molar-refractivity contribution is -0.127. The summed E-state index contributed by atoms with van der Waals surface area (Å²) in [6, 6.07) is 2.10. The lowest BCUT2D eigenvalue weighted by Crippen LogP contribution is -2.49. The molecule has 5 rings (SSSR count). The van der Waals surface area contributed by atoms with E-state index in [0.29, 0.717) is 17.3 Å². The molecule has 2 fully saturated rings. The molecule has 3 aromatic rings. The summed E-state index contributed by atoms with van der Waals surface area (Å²) in [5.41, 5.74) is 1.53. The van der Waals surface area contributed by atoms with Gasteiger partial charge in [-0.25, -0.2) is 9.50 Å². The first-order valence-electron chi connectivity index (χ1n) is 11.9. The number of H-pyrrole nitrogens is 1. The molecule has 188 valence electrons. The molecule has 0 radical (unpaired) electrons. The molecule has 1 amide bonds. The summed E-state index contributed by atoms with van der Waals surface area (Å²) in [6.45, 7) is 5.03. The number of nitrogens with zero attached hydrogens (tertiary/aromatic N) is 5. The zero-order valence-corrected chi connectivity index (χ0v) is 19.4. The molecular weight excluding hydrogens is 463 g/mol. The number of hydrogen-bond acceptors (Lipinski definition) is 6. The number of aryl methyl sites for hydroxylation is 1. The van der Waals surface area contributed by atoms with E-state index >= 15 is 0 Å². The lowest BCUT2D eigenvalue weighted by Gasteiger charge is -2.39. The highest BCUT2D eigenvalue weighted by molar-refractivity contribution is 5.95. The van der Waals surface area contributed by atoms with Crippen LogP contribution in [0.5, 0.6) is 0 Å². The van der Waals surface area contributed by atoms with Gasteiger partial charge in [0.15, 0.2) is 5.65 Å². The van der Waals surface area contributed by atoms with Crippen molar-refractivity contribution in [3.05, 3.63) is 35.4 Å². The third kappa shape index (κ3) is 5.18. The standard InChI is InChI=1S/C23H28F3N7O2/c1-14-10-15(12-33-21(14)27-13-28-33)19-18(11-23(24,25)26)20(31-30-19)22(34)29-16-2-6-32(7-3-16)17-4-8-35-9-5-17/h10,12-13,16-17H,2-9,11H2,1H3,(H,29,34)(H,30,31).